The van der Waals surface area contributed by atoms with Crippen molar-refractivity contribution in [2.45, 2.75) is 25.2 Å². The maximum absolute atomic E-state index is 12.5. The fraction of sp³-hybridized carbons (Fsp3) is 0.500. The molecule has 1 heterocycles. The van der Waals surface area contributed by atoms with E-state index >= 15 is 0 Å². The van der Waals surface area contributed by atoms with Crippen molar-refractivity contribution in [3.8, 4) is 0 Å². The molecule has 0 N–H and O–H groups in total. The standard InChI is InChI=1S/C14H19N2O7P/c1-21-24(20,22-2)13-4-3-9-15(13)14(17)23-10-11-5-7-12(8-6-11)16(18)19/h5-8,13H,3-4,9-10H2,1-2H3. The van der Waals surface area contributed by atoms with Crippen LogP contribution in [0.2, 0.25) is 0 Å². The highest BCUT2D eigenvalue weighted by Gasteiger charge is 2.44. The van der Waals surface area contributed by atoms with Gasteiger partial charge in [-0.3, -0.25) is 19.6 Å². The molecule has 132 valence electrons. The Morgan fingerprint density at radius 1 is 1.33 bits per heavy atom. The molecule has 1 aliphatic heterocycles. The number of ether oxygens (including phenoxy) is 1. The van der Waals surface area contributed by atoms with Crippen LogP contribution in [0.3, 0.4) is 0 Å². The summed E-state index contributed by atoms with van der Waals surface area (Å²) in [4.78, 5) is 23.7. The predicted octanol–water partition coefficient (Wildman–Crippen LogP) is 3.14. The van der Waals surface area contributed by atoms with Crippen LogP contribution in [0.1, 0.15) is 18.4 Å². The van der Waals surface area contributed by atoms with Crippen LogP contribution < -0.4 is 0 Å². The van der Waals surface area contributed by atoms with E-state index in [9.17, 15) is 19.5 Å². The zero-order valence-electron chi connectivity index (χ0n) is 13.4. The van der Waals surface area contributed by atoms with E-state index in [2.05, 4.69) is 0 Å². The molecule has 1 atom stereocenters. The lowest BCUT2D eigenvalue weighted by atomic mass is 10.2. The van der Waals surface area contributed by atoms with Crippen LogP contribution in [0, 0.1) is 10.1 Å². The van der Waals surface area contributed by atoms with Crippen LogP contribution in [-0.4, -0.2) is 42.5 Å². The smallest absolute Gasteiger partial charge is 0.410 e. The third-order valence-corrected chi connectivity index (χ3v) is 6.12. The van der Waals surface area contributed by atoms with E-state index in [0.717, 1.165) is 0 Å². The Morgan fingerprint density at radius 3 is 2.50 bits per heavy atom. The van der Waals surface area contributed by atoms with Gasteiger partial charge in [0.1, 0.15) is 12.4 Å². The van der Waals surface area contributed by atoms with Gasteiger partial charge in [-0.15, -0.1) is 0 Å². The summed E-state index contributed by atoms with van der Waals surface area (Å²) in [5.41, 5.74) is 0.581. The fourth-order valence-electron chi connectivity index (χ4n) is 2.55. The number of nitro groups is 1. The fourth-order valence-corrected chi connectivity index (χ4v) is 4.24. The second-order valence-corrected chi connectivity index (χ2v) is 7.61. The van der Waals surface area contributed by atoms with Crippen LogP contribution >= 0.6 is 7.60 Å². The number of likely N-dealkylation sites (tertiary alicyclic amines) is 1. The summed E-state index contributed by atoms with van der Waals surface area (Å²) in [6.45, 7) is 0.366. The largest absolute Gasteiger partial charge is 0.445 e. The Kier molecular flexibility index (Phi) is 5.93. The first-order valence-electron chi connectivity index (χ1n) is 7.29. The number of nitro benzene ring substituents is 1. The normalized spacial score (nSPS) is 17.8. The van der Waals surface area contributed by atoms with E-state index in [4.69, 9.17) is 13.8 Å². The van der Waals surface area contributed by atoms with Crippen LogP contribution in [-0.2, 0) is 25.0 Å². The molecule has 0 spiro atoms. The van der Waals surface area contributed by atoms with Crippen molar-refractivity contribution >= 4 is 19.4 Å². The van der Waals surface area contributed by atoms with Crippen molar-refractivity contribution in [3.63, 3.8) is 0 Å². The molecule has 0 aliphatic carbocycles. The zero-order valence-corrected chi connectivity index (χ0v) is 14.3. The Bertz CT molecular complexity index is 641. The summed E-state index contributed by atoms with van der Waals surface area (Å²) in [5.74, 6) is -0.670. The third-order valence-electron chi connectivity index (χ3n) is 3.84. The van der Waals surface area contributed by atoms with Gasteiger partial charge < -0.3 is 13.8 Å². The van der Waals surface area contributed by atoms with E-state index < -0.39 is 24.4 Å². The van der Waals surface area contributed by atoms with Gasteiger partial charge in [-0.1, -0.05) is 0 Å². The minimum absolute atomic E-state index is 0.0363. The van der Waals surface area contributed by atoms with E-state index in [-0.39, 0.29) is 12.3 Å². The van der Waals surface area contributed by atoms with E-state index in [1.165, 1.54) is 43.4 Å². The second kappa shape index (κ2) is 7.74. The predicted molar refractivity (Wildman–Crippen MR) is 84.6 cm³/mol. The van der Waals surface area contributed by atoms with Gasteiger partial charge in [-0.25, -0.2) is 4.79 Å². The highest BCUT2D eigenvalue weighted by molar-refractivity contribution is 7.54. The first-order valence-corrected chi connectivity index (χ1v) is 8.90. The molecule has 0 aromatic heterocycles. The van der Waals surface area contributed by atoms with Crippen molar-refractivity contribution in [1.29, 1.82) is 0 Å². The van der Waals surface area contributed by atoms with E-state index in [1.807, 2.05) is 0 Å². The Morgan fingerprint density at radius 2 is 1.96 bits per heavy atom. The third kappa shape index (κ3) is 3.92. The second-order valence-electron chi connectivity index (χ2n) is 5.20. The molecule has 1 unspecified atom stereocenters. The molecule has 1 aliphatic rings. The van der Waals surface area contributed by atoms with Crippen molar-refractivity contribution in [3.05, 3.63) is 39.9 Å². The SMILES string of the molecule is COP(=O)(OC)C1CCCN1C(=O)OCc1ccc([N+](=O)[O-])cc1. The number of non-ortho nitro benzene ring substituents is 1. The first-order chi connectivity index (χ1) is 11.4. The molecule has 2 rings (SSSR count). The van der Waals surface area contributed by atoms with Gasteiger partial charge in [0.15, 0.2) is 0 Å². The van der Waals surface area contributed by atoms with Crippen LogP contribution in [0.5, 0.6) is 0 Å². The van der Waals surface area contributed by atoms with Gasteiger partial charge in [0.2, 0.25) is 0 Å². The van der Waals surface area contributed by atoms with Crippen LogP contribution in [0.15, 0.2) is 24.3 Å². The van der Waals surface area contributed by atoms with Gasteiger partial charge in [0, 0.05) is 32.9 Å². The van der Waals surface area contributed by atoms with E-state index in [0.29, 0.717) is 24.9 Å². The average Bonchev–Trinajstić information content (AvgIpc) is 3.09. The molecule has 1 fully saturated rings. The molecule has 1 aromatic carbocycles. The molecular formula is C14H19N2O7P. The average molecular weight is 358 g/mol. The maximum atomic E-state index is 12.5. The summed E-state index contributed by atoms with van der Waals surface area (Å²) in [6, 6.07) is 5.71. The molecule has 0 bridgehead atoms. The number of carbonyl (C=O) groups is 1. The minimum atomic E-state index is -3.40. The Hall–Kier alpha value is -1.96. The number of hydrogen-bond acceptors (Lipinski definition) is 7. The summed E-state index contributed by atoms with van der Waals surface area (Å²) in [6.07, 6.45) is 0.560. The quantitative estimate of drug-likeness (QED) is 0.436. The van der Waals surface area contributed by atoms with Crippen molar-refractivity contribution < 1.29 is 28.1 Å². The maximum Gasteiger partial charge on any atom is 0.410 e. The highest BCUT2D eigenvalue weighted by Crippen LogP contribution is 2.56. The summed E-state index contributed by atoms with van der Waals surface area (Å²) in [7, 11) is -0.840. The molecule has 1 amide bonds. The van der Waals surface area contributed by atoms with E-state index in [1.54, 1.807) is 0 Å². The highest BCUT2D eigenvalue weighted by atomic mass is 31.2. The molecule has 1 saturated heterocycles. The van der Waals surface area contributed by atoms with Gasteiger partial charge in [-0.05, 0) is 30.5 Å². The topological polar surface area (TPSA) is 108 Å². The van der Waals surface area contributed by atoms with Crippen molar-refractivity contribution in [2.24, 2.45) is 0 Å². The lowest BCUT2D eigenvalue weighted by Gasteiger charge is -2.28. The van der Waals surface area contributed by atoms with Gasteiger partial charge in [0.25, 0.3) is 5.69 Å². The minimum Gasteiger partial charge on any atom is -0.445 e. The summed E-state index contributed by atoms with van der Waals surface area (Å²) in [5, 5.41) is 10.6. The molecule has 24 heavy (non-hydrogen) atoms. The van der Waals surface area contributed by atoms with Crippen molar-refractivity contribution in [1.82, 2.24) is 4.90 Å². The van der Waals surface area contributed by atoms with Crippen LogP contribution in [0.25, 0.3) is 0 Å². The first kappa shape index (κ1) is 18.4. The summed E-state index contributed by atoms with van der Waals surface area (Å²) < 4.78 is 27.6. The van der Waals surface area contributed by atoms with Crippen LogP contribution in [0.4, 0.5) is 10.5 Å². The number of benzene rings is 1. The number of nitrogens with zero attached hydrogens (tertiary/aromatic N) is 2. The number of carbonyl (C=O) groups excluding carboxylic acids is 1. The van der Waals surface area contributed by atoms with Crippen molar-refractivity contribution in [2.75, 3.05) is 20.8 Å². The molecule has 1 aromatic rings. The molecule has 9 nitrogen and oxygen atoms in total. The lowest BCUT2D eigenvalue weighted by Crippen LogP contribution is -2.36. The summed E-state index contributed by atoms with van der Waals surface area (Å²) >= 11 is 0. The number of amides is 1. The van der Waals surface area contributed by atoms with Gasteiger partial charge in [0.05, 0.1) is 4.92 Å². The molecule has 0 radical (unpaired) electrons. The number of hydrogen-bond donors (Lipinski definition) is 0. The van der Waals surface area contributed by atoms with Gasteiger partial charge >= 0.3 is 13.7 Å². The lowest BCUT2D eigenvalue weighted by molar-refractivity contribution is -0.384. The number of rotatable bonds is 6. The monoisotopic (exact) mass is 358 g/mol. The van der Waals surface area contributed by atoms with Gasteiger partial charge in [-0.2, -0.15) is 0 Å². The molecule has 0 saturated carbocycles. The molecular weight excluding hydrogens is 339 g/mol. The molecule has 10 heteroatoms. The zero-order chi connectivity index (χ0) is 17.7. The Balaban J connectivity index is 1.98. The Labute approximate surface area is 139 Å².